The Morgan fingerprint density at radius 2 is 1.93 bits per heavy atom. The molecule has 0 aromatic carbocycles. The van der Waals surface area contributed by atoms with Gasteiger partial charge in [0.15, 0.2) is 0 Å². The van der Waals surface area contributed by atoms with E-state index in [1.165, 1.54) is 0 Å². The van der Waals surface area contributed by atoms with Crippen molar-refractivity contribution in [3.63, 3.8) is 0 Å². The van der Waals surface area contributed by atoms with Crippen LogP contribution in [0.5, 0.6) is 0 Å². The summed E-state index contributed by atoms with van der Waals surface area (Å²) in [6, 6.07) is 3.70. The molecular weight excluding hydrogens is 206 g/mol. The van der Waals surface area contributed by atoms with Crippen LogP contribution in [0.4, 0.5) is 0 Å². The van der Waals surface area contributed by atoms with E-state index in [0.717, 1.165) is 5.56 Å². The lowest BCUT2D eigenvalue weighted by molar-refractivity contribution is 0.277. The molecule has 0 saturated heterocycles. The Kier molecular flexibility index (Phi) is 3.13. The first-order valence-electron chi connectivity index (χ1n) is 4.86. The van der Waals surface area contributed by atoms with Crippen LogP contribution in [0.15, 0.2) is 18.3 Å². The molecule has 0 radical (unpaired) electrons. The molecule has 1 heterocycles. The Hall–Kier alpha value is -0.980. The second kappa shape index (κ2) is 3.88. The second-order valence-corrected chi connectivity index (χ2v) is 12.9. The molecule has 0 aliphatic heterocycles. The minimum absolute atomic E-state index is 0.0176. The molecule has 0 spiro atoms. The number of rotatable bonds is 1. The van der Waals surface area contributed by atoms with Crippen molar-refractivity contribution in [3.05, 3.63) is 29.6 Å². The predicted molar refractivity (Wildman–Crippen MR) is 69.7 cm³/mol. The van der Waals surface area contributed by atoms with Gasteiger partial charge < -0.3 is 5.11 Å². The molecule has 1 aromatic heterocycles. The van der Waals surface area contributed by atoms with Gasteiger partial charge in [-0.25, -0.2) is 9.16 Å². The number of aromatic nitrogens is 1. The standard InChI is InChI=1S/C12H19NOS/c1-15(2,3,4)8-7-11-5-6-12(10-14)13-9-11/h5-6,9,14-15H,10H2,1-4H3. The van der Waals surface area contributed by atoms with Gasteiger partial charge in [0.25, 0.3) is 0 Å². The summed E-state index contributed by atoms with van der Waals surface area (Å²) in [5.41, 5.74) is 1.59. The first-order chi connectivity index (χ1) is 6.76. The summed E-state index contributed by atoms with van der Waals surface area (Å²) in [4.78, 5) is 4.08. The molecule has 84 valence electrons. The zero-order chi connectivity index (χ0) is 11.6. The number of pyridine rings is 1. The largest absolute Gasteiger partial charge is 0.390 e. The van der Waals surface area contributed by atoms with Crippen molar-refractivity contribution in [2.45, 2.75) is 6.61 Å². The average Bonchev–Trinajstić information content (AvgIpc) is 2.13. The van der Waals surface area contributed by atoms with Crippen LogP contribution in [0.2, 0.25) is 0 Å². The molecule has 0 saturated carbocycles. The minimum Gasteiger partial charge on any atom is -0.390 e. The Morgan fingerprint density at radius 1 is 1.27 bits per heavy atom. The van der Waals surface area contributed by atoms with E-state index in [1.54, 1.807) is 12.3 Å². The van der Waals surface area contributed by atoms with Crippen molar-refractivity contribution in [3.8, 4) is 11.2 Å². The number of thiol groups is 1. The number of aliphatic hydroxyl groups is 1. The third kappa shape index (κ3) is 4.87. The first-order valence-corrected chi connectivity index (χ1v) is 8.89. The Morgan fingerprint density at radius 3 is 2.33 bits per heavy atom. The fraction of sp³-hybridized carbons (Fsp3) is 0.417. The molecule has 1 aromatic rings. The summed E-state index contributed by atoms with van der Waals surface area (Å²) < 4.78 is 0. The zero-order valence-electron chi connectivity index (χ0n) is 9.78. The van der Waals surface area contributed by atoms with Crippen LogP contribution in [-0.2, 0) is 6.61 Å². The molecule has 0 bridgehead atoms. The third-order valence-electron chi connectivity index (χ3n) is 1.63. The lowest BCUT2D eigenvalue weighted by Gasteiger charge is -2.40. The van der Waals surface area contributed by atoms with E-state index in [-0.39, 0.29) is 6.61 Å². The SMILES string of the molecule is C[SH](C)(C)(C)C#Cc1ccc(CO)nc1. The van der Waals surface area contributed by atoms with E-state index in [2.05, 4.69) is 41.2 Å². The fourth-order valence-corrected chi connectivity index (χ4v) is 1.46. The maximum absolute atomic E-state index is 8.84. The van der Waals surface area contributed by atoms with E-state index in [0.29, 0.717) is 5.69 Å². The average molecular weight is 225 g/mol. The molecule has 0 amide bonds. The second-order valence-electron chi connectivity index (χ2n) is 5.51. The van der Waals surface area contributed by atoms with Crippen molar-refractivity contribution in [2.75, 3.05) is 25.0 Å². The number of hydrogen-bond donors (Lipinski definition) is 2. The summed E-state index contributed by atoms with van der Waals surface area (Å²) in [5.74, 6) is 3.14. The van der Waals surface area contributed by atoms with Crippen molar-refractivity contribution >= 4 is 9.16 Å². The maximum atomic E-state index is 8.84. The Labute approximate surface area is 92.0 Å². The van der Waals surface area contributed by atoms with Crippen molar-refractivity contribution in [2.24, 2.45) is 0 Å². The first kappa shape index (κ1) is 12.1. The minimum atomic E-state index is -1.76. The molecule has 1 rings (SSSR count). The zero-order valence-corrected chi connectivity index (χ0v) is 10.7. The highest BCUT2D eigenvalue weighted by Crippen LogP contribution is 2.54. The van der Waals surface area contributed by atoms with Crippen LogP contribution in [0.25, 0.3) is 0 Å². The van der Waals surface area contributed by atoms with Gasteiger partial charge in [-0.3, -0.25) is 4.98 Å². The number of hydrogen-bond acceptors (Lipinski definition) is 2. The van der Waals surface area contributed by atoms with Crippen LogP contribution in [0.1, 0.15) is 11.3 Å². The van der Waals surface area contributed by atoms with Gasteiger partial charge in [-0.1, -0.05) is 11.2 Å². The lowest BCUT2D eigenvalue weighted by atomic mass is 10.3. The summed E-state index contributed by atoms with van der Waals surface area (Å²) in [6.07, 6.45) is 10.6. The van der Waals surface area contributed by atoms with Gasteiger partial charge in [0.05, 0.1) is 12.3 Å². The highest BCUT2D eigenvalue weighted by Gasteiger charge is 2.13. The van der Waals surface area contributed by atoms with Crippen LogP contribution in [-0.4, -0.2) is 35.1 Å². The number of aliphatic hydroxyl groups excluding tert-OH is 1. The quantitative estimate of drug-likeness (QED) is 0.560. The summed E-state index contributed by atoms with van der Waals surface area (Å²) >= 11 is 0. The topological polar surface area (TPSA) is 33.1 Å². The lowest BCUT2D eigenvalue weighted by Crippen LogP contribution is -2.06. The maximum Gasteiger partial charge on any atom is 0.0852 e. The van der Waals surface area contributed by atoms with Gasteiger partial charge in [0.2, 0.25) is 0 Å². The van der Waals surface area contributed by atoms with Crippen LogP contribution in [0, 0.1) is 11.2 Å². The van der Waals surface area contributed by atoms with Gasteiger partial charge >= 0.3 is 0 Å². The van der Waals surface area contributed by atoms with Gasteiger partial charge in [-0.2, -0.15) is 0 Å². The molecule has 3 heteroatoms. The van der Waals surface area contributed by atoms with Crippen LogP contribution < -0.4 is 0 Å². The number of nitrogens with zero attached hydrogens (tertiary/aromatic N) is 1. The van der Waals surface area contributed by atoms with Crippen molar-refractivity contribution in [1.29, 1.82) is 0 Å². The van der Waals surface area contributed by atoms with Gasteiger partial charge in [0.1, 0.15) is 0 Å². The predicted octanol–water partition coefficient (Wildman–Crippen LogP) is 1.47. The van der Waals surface area contributed by atoms with Crippen molar-refractivity contribution in [1.82, 2.24) is 4.98 Å². The van der Waals surface area contributed by atoms with Crippen LogP contribution in [0.3, 0.4) is 0 Å². The Bertz CT molecular complexity index is 394. The summed E-state index contributed by atoms with van der Waals surface area (Å²) in [6.45, 7) is -0.0176. The van der Waals surface area contributed by atoms with Crippen molar-refractivity contribution < 1.29 is 5.11 Å². The Balaban J connectivity index is 2.91. The van der Waals surface area contributed by atoms with Gasteiger partial charge in [-0.05, 0) is 37.2 Å². The van der Waals surface area contributed by atoms with E-state index in [4.69, 9.17) is 5.11 Å². The van der Waals surface area contributed by atoms with E-state index < -0.39 is 9.16 Å². The summed E-state index contributed by atoms with van der Waals surface area (Å²) in [5, 5.41) is 12.2. The molecule has 0 atom stereocenters. The molecule has 1 N–H and O–H groups in total. The molecule has 15 heavy (non-hydrogen) atoms. The van der Waals surface area contributed by atoms with E-state index >= 15 is 0 Å². The fourth-order valence-electron chi connectivity index (χ4n) is 0.880. The van der Waals surface area contributed by atoms with E-state index in [1.807, 2.05) is 6.07 Å². The van der Waals surface area contributed by atoms with Crippen LogP contribution >= 0.6 is 9.16 Å². The molecular formula is C12H19NOS. The highest BCUT2D eigenvalue weighted by atomic mass is 32.3. The normalized spacial score (nSPS) is 13.5. The monoisotopic (exact) mass is 225 g/mol. The third-order valence-corrected chi connectivity index (χ3v) is 2.64. The molecule has 2 nitrogen and oxygen atoms in total. The molecule has 0 fully saturated rings. The van der Waals surface area contributed by atoms with Gasteiger partial charge in [0, 0.05) is 11.8 Å². The van der Waals surface area contributed by atoms with Gasteiger partial charge in [-0.15, -0.1) is 0 Å². The molecule has 0 unspecified atom stereocenters. The molecule has 0 aliphatic carbocycles. The smallest absolute Gasteiger partial charge is 0.0852 e. The molecule has 0 aliphatic rings. The van der Waals surface area contributed by atoms with E-state index in [9.17, 15) is 0 Å². The highest BCUT2D eigenvalue weighted by molar-refractivity contribution is 8.51. The summed E-state index contributed by atoms with van der Waals surface area (Å²) in [7, 11) is -1.76.